The van der Waals surface area contributed by atoms with Gasteiger partial charge in [0.25, 0.3) is 5.56 Å². The first-order valence-electron chi connectivity index (χ1n) is 8.68. The van der Waals surface area contributed by atoms with Gasteiger partial charge in [0.1, 0.15) is 23.9 Å². The summed E-state index contributed by atoms with van der Waals surface area (Å²) in [6.07, 6.45) is 0. The molecule has 2 N–H and O–H groups in total. The Labute approximate surface area is 155 Å². The van der Waals surface area contributed by atoms with Gasteiger partial charge < -0.3 is 14.7 Å². The van der Waals surface area contributed by atoms with E-state index in [4.69, 9.17) is 4.74 Å². The normalized spacial score (nSPS) is 13.6. The minimum Gasteiger partial charge on any atom is -0.508 e. The summed E-state index contributed by atoms with van der Waals surface area (Å²) in [5, 5.41) is 9.72. The average Bonchev–Trinajstić information content (AvgIpc) is 2.87. The number of fused-ring (bicyclic) bond motifs is 1. The van der Waals surface area contributed by atoms with Crippen molar-refractivity contribution in [2.24, 2.45) is 0 Å². The summed E-state index contributed by atoms with van der Waals surface area (Å²) in [7, 11) is 0. The standard InChI is InChI=1S/C20H19N3O4/c24-16-6-7-17-15(10-16)13-22(8-9-27-17)18-11-19(25)23(20(26)21-18)12-14-4-2-1-3-5-14/h1-7,10-11,24H,8-9,12-13H2,(H,21,26). The SMILES string of the molecule is O=c1cc(N2CCOc3ccc(O)cc3C2)[nH]c(=O)n1Cc1ccccc1. The average molecular weight is 365 g/mol. The molecule has 0 saturated carbocycles. The van der Waals surface area contributed by atoms with Gasteiger partial charge in [0.15, 0.2) is 0 Å². The van der Waals surface area contributed by atoms with Crippen LogP contribution in [0.15, 0.2) is 64.2 Å². The number of H-pyrrole nitrogens is 1. The summed E-state index contributed by atoms with van der Waals surface area (Å²) in [5.41, 5.74) is 0.855. The summed E-state index contributed by atoms with van der Waals surface area (Å²) in [4.78, 5) is 29.7. The first-order chi connectivity index (χ1) is 13.1. The van der Waals surface area contributed by atoms with Crippen LogP contribution in [0.5, 0.6) is 11.5 Å². The minimum atomic E-state index is -0.456. The molecule has 7 nitrogen and oxygen atoms in total. The summed E-state index contributed by atoms with van der Waals surface area (Å²) < 4.78 is 6.86. The topological polar surface area (TPSA) is 87.6 Å². The summed E-state index contributed by atoms with van der Waals surface area (Å²) in [6.45, 7) is 1.55. The number of hydrogen-bond acceptors (Lipinski definition) is 5. The van der Waals surface area contributed by atoms with Gasteiger partial charge in [-0.25, -0.2) is 4.79 Å². The Bertz CT molecular complexity index is 1040. The summed E-state index contributed by atoms with van der Waals surface area (Å²) in [5.74, 6) is 1.27. The lowest BCUT2D eigenvalue weighted by atomic mass is 10.2. The van der Waals surface area contributed by atoms with Crippen LogP contribution in [0.25, 0.3) is 0 Å². The highest BCUT2D eigenvalue weighted by Crippen LogP contribution is 2.28. The lowest BCUT2D eigenvalue weighted by molar-refractivity contribution is 0.331. The van der Waals surface area contributed by atoms with E-state index >= 15 is 0 Å². The fourth-order valence-corrected chi connectivity index (χ4v) is 3.18. The molecule has 4 rings (SSSR count). The van der Waals surface area contributed by atoms with Gasteiger partial charge in [-0.3, -0.25) is 14.3 Å². The van der Waals surface area contributed by atoms with E-state index in [-0.39, 0.29) is 17.9 Å². The molecule has 1 aromatic heterocycles. The van der Waals surface area contributed by atoms with E-state index in [1.54, 1.807) is 18.2 Å². The van der Waals surface area contributed by atoms with E-state index in [2.05, 4.69) is 4.98 Å². The number of anilines is 1. The first kappa shape index (κ1) is 17.0. The second-order valence-corrected chi connectivity index (χ2v) is 6.43. The monoisotopic (exact) mass is 365 g/mol. The molecule has 0 fully saturated rings. The van der Waals surface area contributed by atoms with Crippen LogP contribution < -0.4 is 20.9 Å². The molecule has 0 aliphatic carbocycles. The van der Waals surface area contributed by atoms with Crippen LogP contribution in [0.1, 0.15) is 11.1 Å². The van der Waals surface area contributed by atoms with Gasteiger partial charge >= 0.3 is 5.69 Å². The van der Waals surface area contributed by atoms with E-state index in [0.29, 0.717) is 31.3 Å². The third kappa shape index (κ3) is 3.57. The van der Waals surface area contributed by atoms with Crippen LogP contribution in [-0.2, 0) is 13.1 Å². The van der Waals surface area contributed by atoms with Crippen LogP contribution in [-0.4, -0.2) is 27.8 Å². The van der Waals surface area contributed by atoms with Crippen LogP contribution >= 0.6 is 0 Å². The fraction of sp³-hybridized carbons (Fsp3) is 0.200. The molecule has 2 aromatic carbocycles. The van der Waals surface area contributed by atoms with Crippen molar-refractivity contribution in [3.05, 3.63) is 86.6 Å². The number of hydrogen-bond donors (Lipinski definition) is 2. The molecule has 0 radical (unpaired) electrons. The van der Waals surface area contributed by atoms with Gasteiger partial charge in [0.05, 0.1) is 13.1 Å². The Balaban J connectivity index is 1.65. The molecule has 1 aliphatic rings. The highest BCUT2D eigenvalue weighted by Gasteiger charge is 2.18. The highest BCUT2D eigenvalue weighted by molar-refractivity contribution is 5.46. The number of phenols is 1. The molecule has 0 spiro atoms. The quantitative estimate of drug-likeness (QED) is 0.738. The maximum absolute atomic E-state index is 12.5. The predicted octanol–water partition coefficient (Wildman–Crippen LogP) is 1.69. The molecule has 0 unspecified atom stereocenters. The van der Waals surface area contributed by atoms with E-state index in [1.807, 2.05) is 35.2 Å². The lowest BCUT2D eigenvalue weighted by Gasteiger charge is -2.21. The molecule has 3 aromatic rings. The van der Waals surface area contributed by atoms with Gasteiger partial charge in [-0.2, -0.15) is 0 Å². The molecule has 1 aliphatic heterocycles. The zero-order chi connectivity index (χ0) is 18.8. The number of phenolic OH excluding ortho intramolecular Hbond substituents is 1. The third-order valence-electron chi connectivity index (χ3n) is 4.55. The van der Waals surface area contributed by atoms with Crippen LogP contribution in [0.3, 0.4) is 0 Å². The molecular formula is C20H19N3O4. The lowest BCUT2D eigenvalue weighted by Crippen LogP contribution is -2.38. The number of aromatic amines is 1. The van der Waals surface area contributed by atoms with E-state index in [0.717, 1.165) is 11.1 Å². The third-order valence-corrected chi connectivity index (χ3v) is 4.55. The Morgan fingerprint density at radius 2 is 1.89 bits per heavy atom. The Hall–Kier alpha value is -3.48. The van der Waals surface area contributed by atoms with Crippen molar-refractivity contribution in [1.29, 1.82) is 0 Å². The molecule has 27 heavy (non-hydrogen) atoms. The van der Waals surface area contributed by atoms with Crippen LogP contribution in [0, 0.1) is 0 Å². The van der Waals surface area contributed by atoms with E-state index < -0.39 is 5.69 Å². The number of rotatable bonds is 3. The van der Waals surface area contributed by atoms with Crippen molar-refractivity contribution >= 4 is 5.82 Å². The Kier molecular flexibility index (Phi) is 4.42. The molecule has 2 heterocycles. The molecule has 0 atom stereocenters. The molecular weight excluding hydrogens is 346 g/mol. The highest BCUT2D eigenvalue weighted by atomic mass is 16.5. The van der Waals surface area contributed by atoms with Gasteiger partial charge in [0, 0.05) is 18.2 Å². The largest absolute Gasteiger partial charge is 0.508 e. The zero-order valence-electron chi connectivity index (χ0n) is 14.6. The van der Waals surface area contributed by atoms with Crippen molar-refractivity contribution in [1.82, 2.24) is 9.55 Å². The maximum atomic E-state index is 12.5. The fourth-order valence-electron chi connectivity index (χ4n) is 3.18. The minimum absolute atomic E-state index is 0.144. The number of benzene rings is 2. The smallest absolute Gasteiger partial charge is 0.330 e. The van der Waals surface area contributed by atoms with Gasteiger partial charge in [-0.1, -0.05) is 30.3 Å². The predicted molar refractivity (Wildman–Crippen MR) is 102 cm³/mol. The second-order valence-electron chi connectivity index (χ2n) is 6.43. The Morgan fingerprint density at radius 3 is 2.67 bits per heavy atom. The van der Waals surface area contributed by atoms with Gasteiger partial charge in [-0.05, 0) is 23.8 Å². The number of aromatic nitrogens is 2. The first-order valence-corrected chi connectivity index (χ1v) is 8.68. The van der Waals surface area contributed by atoms with Gasteiger partial charge in [-0.15, -0.1) is 0 Å². The molecule has 0 bridgehead atoms. The van der Waals surface area contributed by atoms with Crippen molar-refractivity contribution < 1.29 is 9.84 Å². The van der Waals surface area contributed by atoms with E-state index in [9.17, 15) is 14.7 Å². The second kappa shape index (κ2) is 7.03. The molecule has 7 heteroatoms. The number of ether oxygens (including phenoxy) is 1. The van der Waals surface area contributed by atoms with Crippen molar-refractivity contribution in [2.45, 2.75) is 13.1 Å². The maximum Gasteiger partial charge on any atom is 0.330 e. The number of nitrogens with one attached hydrogen (secondary N) is 1. The van der Waals surface area contributed by atoms with Crippen molar-refractivity contribution in [2.75, 3.05) is 18.1 Å². The number of nitrogens with zero attached hydrogens (tertiary/aromatic N) is 2. The molecule has 138 valence electrons. The summed E-state index contributed by atoms with van der Waals surface area (Å²) in [6, 6.07) is 15.7. The van der Waals surface area contributed by atoms with E-state index in [1.165, 1.54) is 10.6 Å². The van der Waals surface area contributed by atoms with Gasteiger partial charge in [0.2, 0.25) is 0 Å². The van der Waals surface area contributed by atoms with Crippen molar-refractivity contribution in [3.63, 3.8) is 0 Å². The molecule has 0 saturated heterocycles. The van der Waals surface area contributed by atoms with Crippen LogP contribution in [0.2, 0.25) is 0 Å². The summed E-state index contributed by atoms with van der Waals surface area (Å²) >= 11 is 0. The van der Waals surface area contributed by atoms with Crippen molar-refractivity contribution in [3.8, 4) is 11.5 Å². The zero-order valence-corrected chi connectivity index (χ0v) is 14.6. The molecule has 0 amide bonds. The van der Waals surface area contributed by atoms with Crippen LogP contribution in [0.4, 0.5) is 5.82 Å². The Morgan fingerprint density at radius 1 is 1.07 bits per heavy atom. The number of aromatic hydroxyl groups is 1.